The Morgan fingerprint density at radius 1 is 1.38 bits per heavy atom. The molecule has 9 heteroatoms. The largest absolute Gasteiger partial charge is 0.472 e. The summed E-state index contributed by atoms with van der Waals surface area (Å²) in [7, 11) is -4.91. The predicted octanol–water partition coefficient (Wildman–Crippen LogP) is 0.695. The molecular formula is C7H8NO7P. The zero-order valence-electron chi connectivity index (χ0n) is 7.76. The number of phosphoric ester groups is 1. The van der Waals surface area contributed by atoms with Gasteiger partial charge in [-0.2, -0.15) is 0 Å². The molecular weight excluding hydrogens is 241 g/mol. The molecule has 0 heterocycles. The van der Waals surface area contributed by atoms with Crippen molar-refractivity contribution in [2.24, 2.45) is 0 Å². The van der Waals surface area contributed by atoms with E-state index in [1.54, 1.807) is 0 Å². The topological polar surface area (TPSA) is 130 Å². The third-order valence-electron chi connectivity index (χ3n) is 1.64. The lowest BCUT2D eigenvalue weighted by Crippen LogP contribution is -2.04. The van der Waals surface area contributed by atoms with Gasteiger partial charge in [-0.1, -0.05) is 12.1 Å². The number of phosphoric acid groups is 1. The number of hydrogen-bond donors (Lipinski definition) is 3. The number of nitrogens with zero attached hydrogens (tertiary/aromatic N) is 1. The highest BCUT2D eigenvalue weighted by atomic mass is 31.2. The molecule has 1 rings (SSSR count). The standard InChI is InChI=1S/C7H8NO7P/c9-7(15-16(12,13)14)5-3-1-2-4-6(5)8(10)11/h1-4,7,9H,(H2,12,13,14). The molecule has 0 saturated carbocycles. The molecule has 88 valence electrons. The van der Waals surface area contributed by atoms with Gasteiger partial charge in [0, 0.05) is 6.07 Å². The molecule has 0 aliphatic heterocycles. The summed E-state index contributed by atoms with van der Waals surface area (Å²) in [6.45, 7) is 0. The van der Waals surface area contributed by atoms with Crippen LogP contribution in [0.5, 0.6) is 0 Å². The van der Waals surface area contributed by atoms with E-state index in [0.717, 1.165) is 12.1 Å². The van der Waals surface area contributed by atoms with Crippen molar-refractivity contribution in [2.45, 2.75) is 6.29 Å². The van der Waals surface area contributed by atoms with Crippen molar-refractivity contribution in [1.82, 2.24) is 0 Å². The minimum absolute atomic E-state index is 0.323. The zero-order valence-corrected chi connectivity index (χ0v) is 8.65. The molecule has 1 aromatic carbocycles. The van der Waals surface area contributed by atoms with Gasteiger partial charge in [-0.3, -0.25) is 14.6 Å². The first-order chi connectivity index (χ1) is 7.31. The first kappa shape index (κ1) is 12.8. The van der Waals surface area contributed by atoms with E-state index in [9.17, 15) is 19.8 Å². The van der Waals surface area contributed by atoms with Gasteiger partial charge in [-0.05, 0) is 6.07 Å². The van der Waals surface area contributed by atoms with E-state index in [1.165, 1.54) is 12.1 Å². The quantitative estimate of drug-likeness (QED) is 0.309. The summed E-state index contributed by atoms with van der Waals surface area (Å²) < 4.78 is 14.4. The number of para-hydroxylation sites is 1. The number of aliphatic hydroxyl groups excluding tert-OH is 1. The Kier molecular flexibility index (Phi) is 3.74. The smallest absolute Gasteiger partial charge is 0.364 e. The molecule has 0 saturated heterocycles. The highest BCUT2D eigenvalue weighted by molar-refractivity contribution is 7.46. The summed E-state index contributed by atoms with van der Waals surface area (Å²) in [4.78, 5) is 26.6. The monoisotopic (exact) mass is 249 g/mol. The molecule has 3 N–H and O–H groups in total. The summed E-state index contributed by atoms with van der Waals surface area (Å²) in [5, 5.41) is 19.8. The minimum Gasteiger partial charge on any atom is -0.364 e. The fourth-order valence-electron chi connectivity index (χ4n) is 1.05. The van der Waals surface area contributed by atoms with Crippen LogP contribution >= 0.6 is 7.82 Å². The van der Waals surface area contributed by atoms with Gasteiger partial charge in [0.05, 0.1) is 10.5 Å². The summed E-state index contributed by atoms with van der Waals surface area (Å²) in [5.74, 6) is 0. The highest BCUT2D eigenvalue weighted by Gasteiger charge is 2.26. The Bertz CT molecular complexity index is 442. The Balaban J connectivity index is 3.04. The Morgan fingerprint density at radius 2 is 1.94 bits per heavy atom. The average molecular weight is 249 g/mol. The summed E-state index contributed by atoms with van der Waals surface area (Å²) in [6.07, 6.45) is -2.05. The molecule has 1 unspecified atom stereocenters. The normalized spacial score (nSPS) is 13.4. The van der Waals surface area contributed by atoms with Gasteiger partial charge in [0.2, 0.25) is 0 Å². The highest BCUT2D eigenvalue weighted by Crippen LogP contribution is 2.42. The molecule has 0 aliphatic rings. The van der Waals surface area contributed by atoms with Crippen LogP contribution in [0.25, 0.3) is 0 Å². The van der Waals surface area contributed by atoms with E-state index >= 15 is 0 Å². The molecule has 1 atom stereocenters. The first-order valence-corrected chi connectivity index (χ1v) is 5.49. The third kappa shape index (κ3) is 3.37. The first-order valence-electron chi connectivity index (χ1n) is 3.96. The van der Waals surface area contributed by atoms with Crippen molar-refractivity contribution < 1.29 is 28.9 Å². The van der Waals surface area contributed by atoms with Crippen LogP contribution in [0.3, 0.4) is 0 Å². The Labute approximate surface area is 89.5 Å². The molecule has 0 radical (unpaired) electrons. The van der Waals surface area contributed by atoms with Gasteiger partial charge in [-0.25, -0.2) is 4.57 Å². The lowest BCUT2D eigenvalue weighted by Gasteiger charge is -2.12. The number of rotatable bonds is 4. The fraction of sp³-hybridized carbons (Fsp3) is 0.143. The van der Waals surface area contributed by atoms with Crippen molar-refractivity contribution in [1.29, 1.82) is 0 Å². The van der Waals surface area contributed by atoms with Crippen molar-refractivity contribution >= 4 is 13.5 Å². The minimum atomic E-state index is -4.91. The maximum absolute atomic E-state index is 10.5. The maximum atomic E-state index is 10.5. The second-order valence-corrected chi connectivity index (χ2v) is 3.96. The average Bonchev–Trinajstić information content (AvgIpc) is 2.15. The number of aliphatic hydroxyl groups is 1. The summed E-state index contributed by atoms with van der Waals surface area (Å²) in [6, 6.07) is 4.94. The van der Waals surface area contributed by atoms with Crippen LogP contribution < -0.4 is 0 Å². The van der Waals surface area contributed by atoms with E-state index in [-0.39, 0.29) is 5.56 Å². The molecule has 0 fully saturated rings. The van der Waals surface area contributed by atoms with Crippen molar-refractivity contribution in [3.63, 3.8) is 0 Å². The SMILES string of the molecule is O=[N+]([O-])c1ccccc1C(O)OP(=O)(O)O. The Hall–Kier alpha value is -1.31. The maximum Gasteiger partial charge on any atom is 0.472 e. The summed E-state index contributed by atoms with van der Waals surface area (Å²) >= 11 is 0. The number of hydrogen-bond acceptors (Lipinski definition) is 5. The fourth-order valence-corrected chi connectivity index (χ4v) is 1.42. The Morgan fingerprint density at radius 3 is 2.44 bits per heavy atom. The van der Waals surface area contributed by atoms with Crippen LogP contribution in [0.1, 0.15) is 11.9 Å². The van der Waals surface area contributed by atoms with Crippen LogP contribution in [0.15, 0.2) is 24.3 Å². The van der Waals surface area contributed by atoms with Gasteiger partial charge in [0.15, 0.2) is 6.29 Å². The molecule has 1 aromatic rings. The van der Waals surface area contributed by atoms with Crippen LogP contribution in [0.4, 0.5) is 5.69 Å². The van der Waals surface area contributed by atoms with Gasteiger partial charge < -0.3 is 14.9 Å². The molecule has 0 bridgehead atoms. The van der Waals surface area contributed by atoms with E-state index in [0.29, 0.717) is 0 Å². The summed E-state index contributed by atoms with van der Waals surface area (Å²) in [5.41, 5.74) is -0.806. The lowest BCUT2D eigenvalue weighted by atomic mass is 10.2. The number of nitro benzene ring substituents is 1. The molecule has 16 heavy (non-hydrogen) atoms. The van der Waals surface area contributed by atoms with Gasteiger partial charge in [0.25, 0.3) is 5.69 Å². The predicted molar refractivity (Wildman–Crippen MR) is 51.2 cm³/mol. The van der Waals surface area contributed by atoms with E-state index < -0.39 is 24.7 Å². The molecule has 0 amide bonds. The second kappa shape index (κ2) is 4.69. The lowest BCUT2D eigenvalue weighted by molar-refractivity contribution is -0.386. The van der Waals surface area contributed by atoms with Gasteiger partial charge >= 0.3 is 7.82 Å². The van der Waals surface area contributed by atoms with Gasteiger partial charge in [-0.15, -0.1) is 0 Å². The van der Waals surface area contributed by atoms with Crippen molar-refractivity contribution in [2.75, 3.05) is 0 Å². The van der Waals surface area contributed by atoms with Crippen LogP contribution in [-0.4, -0.2) is 19.8 Å². The van der Waals surface area contributed by atoms with Crippen molar-refractivity contribution in [3.8, 4) is 0 Å². The third-order valence-corrected chi connectivity index (χ3v) is 2.11. The second-order valence-electron chi connectivity index (χ2n) is 2.76. The molecule has 0 spiro atoms. The number of benzene rings is 1. The zero-order chi connectivity index (χ0) is 12.3. The van der Waals surface area contributed by atoms with Crippen LogP contribution in [0, 0.1) is 10.1 Å². The molecule has 0 aliphatic carbocycles. The molecule has 8 nitrogen and oxygen atoms in total. The van der Waals surface area contributed by atoms with E-state index in [4.69, 9.17) is 9.79 Å². The van der Waals surface area contributed by atoms with E-state index in [2.05, 4.69) is 4.52 Å². The van der Waals surface area contributed by atoms with Crippen LogP contribution in [-0.2, 0) is 9.09 Å². The van der Waals surface area contributed by atoms with Crippen molar-refractivity contribution in [3.05, 3.63) is 39.9 Å². The van der Waals surface area contributed by atoms with Gasteiger partial charge in [0.1, 0.15) is 0 Å². The van der Waals surface area contributed by atoms with Crippen LogP contribution in [0.2, 0.25) is 0 Å². The van der Waals surface area contributed by atoms with E-state index in [1.807, 2.05) is 0 Å². The molecule has 0 aromatic heterocycles. The number of nitro groups is 1.